The zero-order chi connectivity index (χ0) is 15.0. The molecule has 0 N–H and O–H groups in total. The summed E-state index contributed by atoms with van der Waals surface area (Å²) in [5, 5.41) is 0.291. The maximum absolute atomic E-state index is 2.57. The van der Waals surface area contributed by atoms with Gasteiger partial charge in [0.1, 0.15) is 0 Å². The molecular weight excluding hydrogens is 256 g/mol. The molecule has 0 bridgehead atoms. The standard InChI is InChI=1S/C19H30Si/c1-15-14-19(4,17(3)16(15)2)20(5,6)18-12-10-8-7-9-11-13-18/h10-14,18H,7-9H2,1-6H3/b12-10-,13-11-. The van der Waals surface area contributed by atoms with Gasteiger partial charge < -0.3 is 0 Å². The summed E-state index contributed by atoms with van der Waals surface area (Å²) in [5.74, 6) is 0. The van der Waals surface area contributed by atoms with E-state index in [1.807, 2.05) is 0 Å². The fourth-order valence-corrected chi connectivity index (χ4v) is 7.40. The van der Waals surface area contributed by atoms with Gasteiger partial charge in [0, 0.05) is 5.04 Å². The van der Waals surface area contributed by atoms with Crippen molar-refractivity contribution in [3.63, 3.8) is 0 Å². The highest BCUT2D eigenvalue weighted by Crippen LogP contribution is 2.57. The molecule has 0 aromatic heterocycles. The molecule has 0 aromatic carbocycles. The first-order chi connectivity index (χ1) is 9.30. The predicted octanol–water partition coefficient (Wildman–Crippen LogP) is 6.42. The minimum Gasteiger partial charge on any atom is -0.0882 e. The van der Waals surface area contributed by atoms with Gasteiger partial charge in [0.25, 0.3) is 0 Å². The van der Waals surface area contributed by atoms with Crippen molar-refractivity contribution >= 4 is 8.07 Å². The van der Waals surface area contributed by atoms with Crippen LogP contribution in [0.2, 0.25) is 23.7 Å². The monoisotopic (exact) mass is 286 g/mol. The third kappa shape index (κ3) is 2.41. The van der Waals surface area contributed by atoms with Crippen molar-refractivity contribution in [2.75, 3.05) is 0 Å². The largest absolute Gasteiger partial charge is 0.0882 e. The van der Waals surface area contributed by atoms with Crippen LogP contribution in [0.3, 0.4) is 0 Å². The van der Waals surface area contributed by atoms with E-state index in [4.69, 9.17) is 0 Å². The number of allylic oxidation sites excluding steroid dienone is 8. The molecule has 1 atom stereocenters. The van der Waals surface area contributed by atoms with Crippen LogP contribution in [0.25, 0.3) is 0 Å². The summed E-state index contributed by atoms with van der Waals surface area (Å²) >= 11 is 0. The first-order valence-corrected chi connectivity index (χ1v) is 11.1. The fourth-order valence-electron chi connectivity index (χ4n) is 3.73. The summed E-state index contributed by atoms with van der Waals surface area (Å²) in [5.41, 5.74) is 5.27. The zero-order valence-electron chi connectivity index (χ0n) is 14.1. The lowest BCUT2D eigenvalue weighted by Gasteiger charge is -2.44. The van der Waals surface area contributed by atoms with E-state index < -0.39 is 8.07 Å². The van der Waals surface area contributed by atoms with Crippen molar-refractivity contribution < 1.29 is 0 Å². The molecule has 2 aliphatic carbocycles. The SMILES string of the molecule is CC1=CC(C)([Si](C)(C)C2/C=C\CCC/C=C\2)C(C)=C1C. The lowest BCUT2D eigenvalue weighted by Crippen LogP contribution is -2.43. The molecule has 0 aliphatic heterocycles. The number of rotatable bonds is 2. The highest BCUT2D eigenvalue weighted by molar-refractivity contribution is 6.83. The average molecular weight is 287 g/mol. The summed E-state index contributed by atoms with van der Waals surface area (Å²) < 4.78 is 0. The number of hydrogen-bond donors (Lipinski definition) is 0. The topological polar surface area (TPSA) is 0 Å². The van der Waals surface area contributed by atoms with Crippen LogP contribution in [0.15, 0.2) is 47.1 Å². The van der Waals surface area contributed by atoms with E-state index in [1.54, 1.807) is 5.57 Å². The van der Waals surface area contributed by atoms with Gasteiger partial charge in [-0.25, -0.2) is 0 Å². The molecule has 1 heteroatoms. The minimum atomic E-state index is -1.50. The summed E-state index contributed by atoms with van der Waals surface area (Å²) in [6.45, 7) is 14.5. The van der Waals surface area contributed by atoms with Crippen LogP contribution in [-0.4, -0.2) is 8.07 Å². The van der Waals surface area contributed by atoms with Gasteiger partial charge >= 0.3 is 0 Å². The Morgan fingerprint density at radius 2 is 1.60 bits per heavy atom. The molecule has 0 heterocycles. The Morgan fingerprint density at radius 3 is 2.05 bits per heavy atom. The fraction of sp³-hybridized carbons (Fsp3) is 0.579. The first kappa shape index (κ1) is 15.6. The molecule has 0 spiro atoms. The normalized spacial score (nSPS) is 31.8. The molecule has 20 heavy (non-hydrogen) atoms. The van der Waals surface area contributed by atoms with Gasteiger partial charge in [-0.15, -0.1) is 0 Å². The van der Waals surface area contributed by atoms with Crippen LogP contribution in [-0.2, 0) is 0 Å². The van der Waals surface area contributed by atoms with Gasteiger partial charge in [0.15, 0.2) is 0 Å². The van der Waals surface area contributed by atoms with E-state index in [1.165, 1.54) is 30.4 Å². The molecule has 2 rings (SSSR count). The van der Waals surface area contributed by atoms with E-state index in [-0.39, 0.29) is 0 Å². The molecule has 0 radical (unpaired) electrons. The van der Waals surface area contributed by atoms with Crippen LogP contribution >= 0.6 is 0 Å². The third-order valence-electron chi connectivity index (χ3n) is 6.04. The lowest BCUT2D eigenvalue weighted by atomic mass is 10.0. The van der Waals surface area contributed by atoms with Crippen LogP contribution in [0.4, 0.5) is 0 Å². The van der Waals surface area contributed by atoms with E-state index in [2.05, 4.69) is 71.2 Å². The van der Waals surface area contributed by atoms with Gasteiger partial charge in [0.05, 0.1) is 8.07 Å². The molecule has 0 aromatic rings. The first-order valence-electron chi connectivity index (χ1n) is 8.02. The van der Waals surface area contributed by atoms with Crippen LogP contribution < -0.4 is 0 Å². The molecule has 110 valence electrons. The van der Waals surface area contributed by atoms with Crippen molar-refractivity contribution in [1.29, 1.82) is 0 Å². The van der Waals surface area contributed by atoms with Gasteiger partial charge in [-0.1, -0.05) is 61.5 Å². The second kappa shape index (κ2) is 5.52. The van der Waals surface area contributed by atoms with Crippen molar-refractivity contribution in [2.24, 2.45) is 0 Å². The summed E-state index contributed by atoms with van der Waals surface area (Å²) in [6.07, 6.45) is 16.2. The van der Waals surface area contributed by atoms with E-state index >= 15 is 0 Å². The highest BCUT2D eigenvalue weighted by Gasteiger charge is 2.48. The Morgan fingerprint density at radius 1 is 1.05 bits per heavy atom. The molecular formula is C19H30Si. The van der Waals surface area contributed by atoms with Crippen molar-refractivity contribution in [1.82, 2.24) is 0 Å². The molecule has 0 saturated heterocycles. The quantitative estimate of drug-likeness (QED) is 0.406. The van der Waals surface area contributed by atoms with Crippen LogP contribution in [0, 0.1) is 0 Å². The zero-order valence-corrected chi connectivity index (χ0v) is 15.1. The average Bonchev–Trinajstić information content (AvgIpc) is 2.54. The highest BCUT2D eigenvalue weighted by atomic mass is 28.3. The smallest absolute Gasteiger partial charge is 0.0737 e. The molecule has 2 aliphatic rings. The van der Waals surface area contributed by atoms with E-state index in [0.29, 0.717) is 10.6 Å². The van der Waals surface area contributed by atoms with Gasteiger partial charge in [0.2, 0.25) is 0 Å². The number of hydrogen-bond acceptors (Lipinski definition) is 0. The maximum atomic E-state index is 2.57. The molecule has 0 fully saturated rings. The Bertz CT molecular complexity index is 488. The van der Waals surface area contributed by atoms with Gasteiger partial charge in [-0.3, -0.25) is 0 Å². The van der Waals surface area contributed by atoms with E-state index in [0.717, 1.165) is 0 Å². The Labute approximate surface area is 126 Å². The summed E-state index contributed by atoms with van der Waals surface area (Å²) in [6, 6.07) is 0. The van der Waals surface area contributed by atoms with Crippen molar-refractivity contribution in [2.45, 2.75) is 70.6 Å². The predicted molar refractivity (Wildman–Crippen MR) is 93.9 cm³/mol. The summed E-state index contributed by atoms with van der Waals surface area (Å²) in [4.78, 5) is 0. The maximum Gasteiger partial charge on any atom is 0.0737 e. The van der Waals surface area contributed by atoms with E-state index in [9.17, 15) is 0 Å². The molecule has 0 saturated carbocycles. The van der Waals surface area contributed by atoms with Crippen LogP contribution in [0.1, 0.15) is 47.0 Å². The third-order valence-corrected chi connectivity index (χ3v) is 11.3. The lowest BCUT2D eigenvalue weighted by molar-refractivity contribution is 0.819. The molecule has 0 nitrogen and oxygen atoms in total. The second-order valence-corrected chi connectivity index (χ2v) is 12.5. The Hall–Kier alpha value is -0.823. The molecule has 0 amide bonds. The van der Waals surface area contributed by atoms with Crippen LogP contribution in [0.5, 0.6) is 0 Å². The summed E-state index contributed by atoms with van der Waals surface area (Å²) in [7, 11) is -1.50. The Kier molecular flexibility index (Phi) is 4.29. The van der Waals surface area contributed by atoms with Crippen molar-refractivity contribution in [3.8, 4) is 0 Å². The minimum absolute atomic E-state index is 0.291. The van der Waals surface area contributed by atoms with Crippen molar-refractivity contribution in [3.05, 3.63) is 47.1 Å². The van der Waals surface area contributed by atoms with Gasteiger partial charge in [-0.05, 0) is 51.1 Å². The molecule has 1 unspecified atom stereocenters. The van der Waals surface area contributed by atoms with Gasteiger partial charge in [-0.2, -0.15) is 0 Å². The second-order valence-electron chi connectivity index (χ2n) is 7.31. The Balaban J connectivity index is 2.42.